The molecule has 1 aliphatic rings. The monoisotopic (exact) mass is 284 g/mol. The van der Waals surface area contributed by atoms with E-state index in [-0.39, 0.29) is 5.75 Å². The number of fused-ring (bicyclic) bond motifs is 1. The minimum atomic E-state index is -3.15. The molecule has 0 fully saturated rings. The van der Waals surface area contributed by atoms with Crippen molar-refractivity contribution < 1.29 is 8.42 Å². The van der Waals surface area contributed by atoms with Gasteiger partial charge in [0.1, 0.15) is 11.6 Å². The zero-order chi connectivity index (χ0) is 14.2. The molecule has 0 bridgehead atoms. The second-order valence-corrected chi connectivity index (χ2v) is 7.16. The third kappa shape index (κ3) is 2.71. The predicted molar refractivity (Wildman–Crippen MR) is 74.7 cm³/mol. The first-order chi connectivity index (χ1) is 8.85. The molecule has 1 aliphatic heterocycles. The number of rotatable bonds is 3. The van der Waals surface area contributed by atoms with E-state index in [1.807, 2.05) is 25.9 Å². The Morgan fingerprint density at radius 2 is 2.00 bits per heavy atom. The van der Waals surface area contributed by atoms with Crippen molar-refractivity contribution in [2.75, 3.05) is 31.3 Å². The van der Waals surface area contributed by atoms with Gasteiger partial charge >= 0.3 is 0 Å². The highest BCUT2D eigenvalue weighted by Gasteiger charge is 2.28. The van der Waals surface area contributed by atoms with E-state index in [0.29, 0.717) is 25.3 Å². The molecule has 106 valence electrons. The summed E-state index contributed by atoms with van der Waals surface area (Å²) in [4.78, 5) is 10.8. The number of sulfonamides is 1. The van der Waals surface area contributed by atoms with Crippen molar-refractivity contribution in [3.8, 4) is 0 Å². The summed E-state index contributed by atoms with van der Waals surface area (Å²) in [5.74, 6) is 1.71. The molecule has 0 saturated carbocycles. The minimum absolute atomic E-state index is 0.132. The average molecular weight is 284 g/mol. The highest BCUT2D eigenvalue weighted by Crippen LogP contribution is 2.26. The summed E-state index contributed by atoms with van der Waals surface area (Å²) < 4.78 is 25.4. The van der Waals surface area contributed by atoms with Gasteiger partial charge in [0.05, 0.1) is 18.0 Å². The summed E-state index contributed by atoms with van der Waals surface area (Å²) in [6.07, 6.45) is 0.669. The maximum atomic E-state index is 11.9. The first-order valence-corrected chi connectivity index (χ1v) is 7.97. The van der Waals surface area contributed by atoms with E-state index in [9.17, 15) is 8.42 Å². The third-order valence-electron chi connectivity index (χ3n) is 3.30. The Morgan fingerprint density at radius 3 is 2.58 bits per heavy atom. The van der Waals surface area contributed by atoms with Crippen LogP contribution in [0.25, 0.3) is 0 Å². The molecule has 1 aromatic heterocycles. The van der Waals surface area contributed by atoms with Gasteiger partial charge in [0, 0.05) is 26.2 Å². The summed E-state index contributed by atoms with van der Waals surface area (Å²) in [6, 6.07) is 0. The quantitative estimate of drug-likeness (QED) is 0.811. The van der Waals surface area contributed by atoms with E-state index in [4.69, 9.17) is 0 Å². The van der Waals surface area contributed by atoms with Crippen LogP contribution in [0.5, 0.6) is 0 Å². The molecule has 0 saturated heterocycles. The Hall–Kier alpha value is -1.21. The number of nitrogens with zero attached hydrogens (tertiary/aromatic N) is 4. The van der Waals surface area contributed by atoms with Crippen LogP contribution in [0.15, 0.2) is 0 Å². The first-order valence-electron chi connectivity index (χ1n) is 6.36. The summed E-state index contributed by atoms with van der Waals surface area (Å²) in [5.41, 5.74) is 1.90. The van der Waals surface area contributed by atoms with Gasteiger partial charge in [0.15, 0.2) is 0 Å². The number of anilines is 1. The fourth-order valence-electron chi connectivity index (χ4n) is 2.30. The van der Waals surface area contributed by atoms with Gasteiger partial charge in [-0.3, -0.25) is 0 Å². The Bertz CT molecular complexity index is 584. The second kappa shape index (κ2) is 5.05. The molecule has 0 radical (unpaired) electrons. The topological polar surface area (TPSA) is 66.4 Å². The van der Waals surface area contributed by atoms with Crippen molar-refractivity contribution in [1.82, 2.24) is 14.3 Å². The first kappa shape index (κ1) is 14.2. The largest absolute Gasteiger partial charge is 0.362 e. The third-order valence-corrected chi connectivity index (χ3v) is 5.13. The van der Waals surface area contributed by atoms with Crippen LogP contribution in [0.1, 0.15) is 24.0 Å². The van der Waals surface area contributed by atoms with Crippen molar-refractivity contribution in [3.63, 3.8) is 0 Å². The summed E-state index contributed by atoms with van der Waals surface area (Å²) in [6.45, 7) is 4.37. The normalized spacial score (nSPS) is 16.2. The van der Waals surface area contributed by atoms with Crippen molar-refractivity contribution in [2.24, 2.45) is 0 Å². The molecular weight excluding hydrogens is 264 g/mol. The second-order valence-electron chi connectivity index (χ2n) is 4.90. The van der Waals surface area contributed by atoms with E-state index in [1.54, 1.807) is 6.92 Å². The fraction of sp³-hybridized carbons (Fsp3) is 0.667. The molecule has 0 unspecified atom stereocenters. The van der Waals surface area contributed by atoms with Gasteiger partial charge in [-0.1, -0.05) is 0 Å². The van der Waals surface area contributed by atoms with Gasteiger partial charge in [0.2, 0.25) is 10.0 Å². The van der Waals surface area contributed by atoms with E-state index >= 15 is 0 Å². The maximum absolute atomic E-state index is 11.9. The summed E-state index contributed by atoms with van der Waals surface area (Å²) >= 11 is 0. The lowest BCUT2D eigenvalue weighted by Gasteiger charge is -2.29. The van der Waals surface area contributed by atoms with Gasteiger partial charge in [-0.2, -0.15) is 4.31 Å². The Kier molecular flexibility index (Phi) is 3.78. The molecule has 2 rings (SSSR count). The molecule has 0 spiro atoms. The number of aryl methyl sites for hydroxylation is 1. The standard InChI is InChI=1S/C12H20N4O2S/c1-5-19(17,18)16-7-6-10-11(8-16)13-9(2)14-12(10)15(3)4/h5-8H2,1-4H3. The van der Waals surface area contributed by atoms with Crippen LogP contribution in [0, 0.1) is 6.92 Å². The fourth-order valence-corrected chi connectivity index (χ4v) is 3.35. The number of hydrogen-bond acceptors (Lipinski definition) is 5. The lowest BCUT2D eigenvalue weighted by Crippen LogP contribution is -2.38. The maximum Gasteiger partial charge on any atom is 0.214 e. The highest BCUT2D eigenvalue weighted by atomic mass is 32.2. The van der Waals surface area contributed by atoms with Gasteiger partial charge in [0.25, 0.3) is 0 Å². The SMILES string of the molecule is CCS(=O)(=O)N1CCc2c(nc(C)nc2N(C)C)C1. The van der Waals surface area contributed by atoms with Gasteiger partial charge in [-0.25, -0.2) is 18.4 Å². The summed E-state index contributed by atoms with van der Waals surface area (Å²) in [7, 11) is 0.733. The number of hydrogen-bond donors (Lipinski definition) is 0. The molecule has 0 amide bonds. The molecule has 0 aliphatic carbocycles. The van der Waals surface area contributed by atoms with Crippen LogP contribution >= 0.6 is 0 Å². The number of aromatic nitrogens is 2. The smallest absolute Gasteiger partial charge is 0.214 e. The molecule has 7 heteroatoms. The van der Waals surface area contributed by atoms with E-state index in [2.05, 4.69) is 9.97 Å². The molecule has 0 atom stereocenters. The molecule has 19 heavy (non-hydrogen) atoms. The van der Waals surface area contributed by atoms with Gasteiger partial charge in [-0.05, 0) is 20.3 Å². The molecule has 0 aromatic carbocycles. The van der Waals surface area contributed by atoms with Crippen molar-refractivity contribution in [1.29, 1.82) is 0 Å². The van der Waals surface area contributed by atoms with Crippen LogP contribution < -0.4 is 4.90 Å². The van der Waals surface area contributed by atoms with Crippen molar-refractivity contribution >= 4 is 15.8 Å². The van der Waals surface area contributed by atoms with Crippen LogP contribution in [0.4, 0.5) is 5.82 Å². The van der Waals surface area contributed by atoms with Crippen molar-refractivity contribution in [3.05, 3.63) is 17.1 Å². The van der Waals surface area contributed by atoms with E-state index < -0.39 is 10.0 Å². The Balaban J connectivity index is 2.42. The van der Waals surface area contributed by atoms with Gasteiger partial charge in [-0.15, -0.1) is 0 Å². The van der Waals surface area contributed by atoms with Gasteiger partial charge < -0.3 is 4.90 Å². The molecule has 0 N–H and O–H groups in total. The molecule has 2 heterocycles. The molecule has 1 aromatic rings. The molecule has 6 nitrogen and oxygen atoms in total. The Morgan fingerprint density at radius 1 is 1.32 bits per heavy atom. The van der Waals surface area contributed by atoms with Crippen LogP contribution in [0.2, 0.25) is 0 Å². The van der Waals surface area contributed by atoms with Crippen LogP contribution in [-0.2, 0) is 23.0 Å². The average Bonchev–Trinajstić information content (AvgIpc) is 2.36. The van der Waals surface area contributed by atoms with Crippen LogP contribution in [0.3, 0.4) is 0 Å². The predicted octanol–water partition coefficient (Wildman–Crippen LogP) is 0.559. The minimum Gasteiger partial charge on any atom is -0.362 e. The molecular formula is C12H20N4O2S. The van der Waals surface area contributed by atoms with E-state index in [0.717, 1.165) is 17.1 Å². The zero-order valence-corrected chi connectivity index (χ0v) is 12.7. The van der Waals surface area contributed by atoms with Crippen LogP contribution in [-0.4, -0.2) is 49.1 Å². The van der Waals surface area contributed by atoms with Crippen molar-refractivity contribution in [2.45, 2.75) is 26.8 Å². The Labute approximate surface area is 114 Å². The summed E-state index contributed by atoms with van der Waals surface area (Å²) in [5, 5.41) is 0. The lowest BCUT2D eigenvalue weighted by molar-refractivity contribution is 0.385. The lowest BCUT2D eigenvalue weighted by atomic mass is 10.1. The zero-order valence-electron chi connectivity index (χ0n) is 11.8. The highest BCUT2D eigenvalue weighted by molar-refractivity contribution is 7.89. The van der Waals surface area contributed by atoms with E-state index in [1.165, 1.54) is 4.31 Å².